The first-order valence-electron chi connectivity index (χ1n) is 1.15. The van der Waals surface area contributed by atoms with Crippen LogP contribution in [0.4, 0.5) is 0 Å². The van der Waals surface area contributed by atoms with E-state index in [9.17, 15) is 0 Å². The lowest BCUT2D eigenvalue weighted by Crippen LogP contribution is -2.58. The minimum Gasteiger partial charge on any atom is -0.159 e. The fraction of sp³-hybridized carbons (Fsp3) is 0. The van der Waals surface area contributed by atoms with Crippen LogP contribution in [0, 0.1) is 0 Å². The van der Waals surface area contributed by atoms with Gasteiger partial charge in [0.1, 0.15) is 0 Å². The molecule has 5 heavy (non-hydrogen) atoms. The molecule has 1 N–H and O–H groups in total. The molecule has 0 aromatic heterocycles. The summed E-state index contributed by atoms with van der Waals surface area (Å²) >= 11 is 0. The summed E-state index contributed by atoms with van der Waals surface area (Å²) in [4.78, 5) is 11.2. The van der Waals surface area contributed by atoms with Gasteiger partial charge >= 0.3 is 6.08 Å². The summed E-state index contributed by atoms with van der Waals surface area (Å²) in [7, 11) is 0. The Morgan fingerprint density at radius 1 is 2.00 bits per heavy atom. The second kappa shape index (κ2) is 3.12. The van der Waals surface area contributed by atoms with Crippen LogP contribution in [0.25, 0.3) is 0 Å². The summed E-state index contributed by atoms with van der Waals surface area (Å²) in [6.07, 6.45) is 2.66. The minimum absolute atomic E-state index is 1.26. The molecule has 26 valence electrons. The number of isocyanates is 1. The van der Waals surface area contributed by atoms with Crippen molar-refractivity contribution >= 4 is 6.08 Å². The highest BCUT2D eigenvalue weighted by atomic mass is 16.1. The third-order valence-corrected chi connectivity index (χ3v) is 0.161. The molecule has 2 heteroatoms. The van der Waals surface area contributed by atoms with Crippen LogP contribution in [-0.4, -0.2) is 6.08 Å². The monoisotopic (exact) mass is 70.0 g/mol. The summed E-state index contributed by atoms with van der Waals surface area (Å²) in [6, 6.07) is 0. The average molecular weight is 70.1 g/mol. The van der Waals surface area contributed by atoms with E-state index in [0.717, 1.165) is 0 Å². The topological polar surface area (TPSA) is 31.0 Å². The molecule has 0 radical (unpaired) electrons. The van der Waals surface area contributed by atoms with Crippen molar-refractivity contribution in [2.45, 2.75) is 0 Å². The van der Waals surface area contributed by atoms with E-state index in [1.54, 1.807) is 0 Å². The molecule has 0 amide bonds. The first-order valence-corrected chi connectivity index (χ1v) is 1.15. The van der Waals surface area contributed by atoms with E-state index in [0.29, 0.717) is 0 Å². The zero-order valence-electron chi connectivity index (χ0n) is 2.69. The zero-order valence-corrected chi connectivity index (χ0v) is 2.69. The third kappa shape index (κ3) is 3.12. The van der Waals surface area contributed by atoms with E-state index < -0.39 is 0 Å². The van der Waals surface area contributed by atoms with E-state index in [2.05, 4.69) is 11.6 Å². The van der Waals surface area contributed by atoms with Crippen LogP contribution in [0.2, 0.25) is 0 Å². The van der Waals surface area contributed by atoms with E-state index in [1.165, 1.54) is 12.3 Å². The molecule has 0 saturated heterocycles. The largest absolute Gasteiger partial charge is 0.428 e. The summed E-state index contributed by atoms with van der Waals surface area (Å²) in [6.45, 7) is 3.18. The van der Waals surface area contributed by atoms with E-state index in [-0.39, 0.29) is 0 Å². The number of rotatable bonds is 1. The maximum atomic E-state index is 9.10. The van der Waals surface area contributed by atoms with E-state index >= 15 is 0 Å². The first kappa shape index (κ1) is 4.12. The molecule has 0 unspecified atom stereocenters. The van der Waals surface area contributed by atoms with Crippen LogP contribution < -0.4 is 4.99 Å². The predicted molar refractivity (Wildman–Crippen MR) is 16.9 cm³/mol. The first-order chi connectivity index (χ1) is 2.41. The highest BCUT2D eigenvalue weighted by molar-refractivity contribution is 5.23. The average Bonchev–Trinajstić information content (AvgIpc) is 1.41. The van der Waals surface area contributed by atoms with Crippen molar-refractivity contribution in [2.75, 3.05) is 0 Å². The summed E-state index contributed by atoms with van der Waals surface area (Å²) < 4.78 is 0. The summed E-state index contributed by atoms with van der Waals surface area (Å²) in [5.74, 6) is 0. The van der Waals surface area contributed by atoms with Crippen LogP contribution >= 0.6 is 0 Å². The molecule has 0 heterocycles. The van der Waals surface area contributed by atoms with Gasteiger partial charge in [-0.3, -0.25) is 0 Å². The van der Waals surface area contributed by atoms with Crippen molar-refractivity contribution in [3.8, 4) is 0 Å². The van der Waals surface area contributed by atoms with Crippen LogP contribution in [0.15, 0.2) is 12.8 Å². The van der Waals surface area contributed by atoms with Gasteiger partial charge in [-0.1, -0.05) is 0 Å². The lowest BCUT2D eigenvalue weighted by Gasteiger charge is -1.36. The van der Waals surface area contributed by atoms with Crippen molar-refractivity contribution in [3.05, 3.63) is 12.8 Å². The third-order valence-electron chi connectivity index (χ3n) is 0.161. The minimum atomic E-state index is 1.26. The second-order valence-electron chi connectivity index (χ2n) is 0.451. The Kier molecular flexibility index (Phi) is 2.57. The smallest absolute Gasteiger partial charge is 0.159 e. The van der Waals surface area contributed by atoms with Gasteiger partial charge in [0.15, 0.2) is 6.20 Å². The molecule has 2 nitrogen and oxygen atoms in total. The van der Waals surface area contributed by atoms with Crippen molar-refractivity contribution in [3.63, 3.8) is 0 Å². The van der Waals surface area contributed by atoms with E-state index in [4.69, 9.17) is 4.79 Å². The van der Waals surface area contributed by atoms with Crippen LogP contribution in [-0.2, 0) is 4.79 Å². The highest BCUT2D eigenvalue weighted by Gasteiger charge is 1.50. The Hall–Kier alpha value is -0.880. The number of carbonyl (C=O) groups excluding carboxylic acids is 1. The van der Waals surface area contributed by atoms with Crippen molar-refractivity contribution in [2.24, 2.45) is 0 Å². The molecular weight excluding hydrogens is 66.0 g/mol. The standard InChI is InChI=1S/C3H3NO/c1-2-4-3-5/h2H,1H2/p+1. The van der Waals surface area contributed by atoms with Crippen molar-refractivity contribution < 1.29 is 9.79 Å². The Morgan fingerprint density at radius 2 is 2.60 bits per heavy atom. The normalized spacial score (nSPS) is 4.80. The molecule has 0 rings (SSSR count). The molecule has 0 aliphatic rings. The molecule has 0 aliphatic carbocycles. The number of nitrogens with one attached hydrogen (secondary N) is 1. The summed E-state index contributed by atoms with van der Waals surface area (Å²) in [5.41, 5.74) is 0. The highest BCUT2D eigenvalue weighted by Crippen LogP contribution is 1.09. The van der Waals surface area contributed by atoms with Crippen LogP contribution in [0.1, 0.15) is 0 Å². The molecule has 0 saturated carbocycles. The molecule has 0 fully saturated rings. The van der Waals surface area contributed by atoms with Gasteiger partial charge in [-0.25, -0.2) is 0 Å². The van der Waals surface area contributed by atoms with Gasteiger partial charge in [-0.15, -0.1) is 4.99 Å². The van der Waals surface area contributed by atoms with Gasteiger partial charge in [-0.2, -0.15) is 4.79 Å². The molecule has 0 atom stereocenters. The summed E-state index contributed by atoms with van der Waals surface area (Å²) in [5, 5.41) is 0. The molecular formula is C3H4NO+. The number of hydrogen-bond donors (Lipinski definition) is 1. The van der Waals surface area contributed by atoms with E-state index in [1.807, 2.05) is 0 Å². The maximum Gasteiger partial charge on any atom is 0.428 e. The molecule has 0 bridgehead atoms. The lowest BCUT2D eigenvalue weighted by atomic mass is 11.1. The zero-order chi connectivity index (χ0) is 4.12. The van der Waals surface area contributed by atoms with Crippen molar-refractivity contribution in [1.29, 1.82) is 0 Å². The van der Waals surface area contributed by atoms with Gasteiger partial charge in [0.25, 0.3) is 0 Å². The van der Waals surface area contributed by atoms with Crippen molar-refractivity contribution in [1.82, 2.24) is 0 Å². The van der Waals surface area contributed by atoms with Gasteiger partial charge in [0, 0.05) is 0 Å². The van der Waals surface area contributed by atoms with Crippen LogP contribution in [0.3, 0.4) is 0 Å². The fourth-order valence-electron chi connectivity index (χ4n) is 0.0417. The quantitative estimate of drug-likeness (QED) is 0.297. The molecule has 0 aromatic rings. The SMILES string of the molecule is C=C[NH+]=C=O. The van der Waals surface area contributed by atoms with Crippen LogP contribution in [0.5, 0.6) is 0 Å². The van der Waals surface area contributed by atoms with Gasteiger partial charge in [0.2, 0.25) is 0 Å². The van der Waals surface area contributed by atoms with Gasteiger partial charge < -0.3 is 0 Å². The number of hydrogen-bond acceptors (Lipinski definition) is 1. The molecule has 0 spiro atoms. The maximum absolute atomic E-state index is 9.10. The lowest BCUT2D eigenvalue weighted by molar-refractivity contribution is -0.368. The van der Waals surface area contributed by atoms with Gasteiger partial charge in [-0.05, 0) is 6.58 Å². The Bertz CT molecular complexity index is 71.0. The fourth-order valence-corrected chi connectivity index (χ4v) is 0.0417. The molecule has 0 aliphatic heterocycles. The van der Waals surface area contributed by atoms with Gasteiger partial charge in [0.05, 0.1) is 0 Å². The molecule has 0 aromatic carbocycles. The Labute approximate surface area is 29.8 Å². The second-order valence-corrected chi connectivity index (χ2v) is 0.451. The predicted octanol–water partition coefficient (Wildman–Crippen LogP) is -1.45. The Morgan fingerprint density at radius 3 is 2.60 bits per heavy atom. The Balaban J connectivity index is 3.31.